The van der Waals surface area contributed by atoms with Gasteiger partial charge in [0.15, 0.2) is 0 Å². The van der Waals surface area contributed by atoms with Gasteiger partial charge in [-0.15, -0.1) is 0 Å². The Morgan fingerprint density at radius 3 is 2.79 bits per heavy atom. The lowest BCUT2D eigenvalue weighted by atomic mass is 10.2. The smallest absolute Gasteiger partial charge is 0.139 e. The van der Waals surface area contributed by atoms with Crippen LogP contribution >= 0.6 is 15.9 Å². The van der Waals surface area contributed by atoms with Gasteiger partial charge in [-0.05, 0) is 34.1 Å². The molecule has 0 aliphatic heterocycles. The second kappa shape index (κ2) is 5.72. The predicted molar refractivity (Wildman–Crippen MR) is 81.5 cm³/mol. The van der Waals surface area contributed by atoms with Gasteiger partial charge in [0.2, 0.25) is 0 Å². The molecule has 1 aromatic carbocycles. The lowest BCUT2D eigenvalue weighted by Gasteiger charge is -2.15. The van der Waals surface area contributed by atoms with E-state index in [2.05, 4.69) is 40.7 Å². The van der Waals surface area contributed by atoms with Crippen LogP contribution in [0.4, 0.5) is 4.39 Å². The molecule has 104 valence electrons. The van der Waals surface area contributed by atoms with Gasteiger partial charge < -0.3 is 4.74 Å². The summed E-state index contributed by atoms with van der Waals surface area (Å²) in [5.74, 6) is -0.272. The van der Waals surface area contributed by atoms with Gasteiger partial charge in [-0.25, -0.2) is 9.07 Å². The third-order valence-electron chi connectivity index (χ3n) is 2.92. The molecule has 0 bridgehead atoms. The number of fused-ring (bicyclic) bond motifs is 1. The molecule has 0 aliphatic rings. The normalized spacial score (nSPS) is 12.3. The van der Waals surface area contributed by atoms with Crippen molar-refractivity contribution in [1.82, 2.24) is 9.78 Å². The van der Waals surface area contributed by atoms with Crippen LogP contribution in [0.3, 0.4) is 0 Å². The van der Waals surface area contributed by atoms with Crippen LogP contribution in [0.2, 0.25) is 25.7 Å². The third kappa shape index (κ3) is 3.64. The largest absolute Gasteiger partial charge is 0.360 e. The maximum absolute atomic E-state index is 13.4. The standard InChI is InChI=1S/C13H18BrFN2OSi/c1-19(2,3)7-6-18-9-17-12-5-4-11(15)13(14)10(12)8-16-17/h4-5,8H,6-7,9H2,1-3H3. The van der Waals surface area contributed by atoms with Crippen molar-refractivity contribution in [3.05, 3.63) is 28.6 Å². The van der Waals surface area contributed by atoms with Crippen LogP contribution in [0.25, 0.3) is 10.9 Å². The van der Waals surface area contributed by atoms with E-state index >= 15 is 0 Å². The van der Waals surface area contributed by atoms with Crippen molar-refractivity contribution in [3.63, 3.8) is 0 Å². The molecule has 0 atom stereocenters. The molecule has 0 N–H and O–H groups in total. The zero-order valence-electron chi connectivity index (χ0n) is 11.4. The van der Waals surface area contributed by atoms with E-state index in [0.29, 0.717) is 11.2 Å². The molecule has 1 aromatic heterocycles. The van der Waals surface area contributed by atoms with Gasteiger partial charge >= 0.3 is 0 Å². The van der Waals surface area contributed by atoms with Gasteiger partial charge in [-0.1, -0.05) is 19.6 Å². The first-order valence-electron chi connectivity index (χ1n) is 6.26. The molecule has 0 unspecified atom stereocenters. The van der Waals surface area contributed by atoms with Crippen LogP contribution in [-0.2, 0) is 11.5 Å². The van der Waals surface area contributed by atoms with Crippen LogP contribution < -0.4 is 0 Å². The molecule has 1 heterocycles. The minimum absolute atomic E-state index is 0.272. The van der Waals surface area contributed by atoms with E-state index in [9.17, 15) is 4.39 Å². The highest BCUT2D eigenvalue weighted by molar-refractivity contribution is 9.10. The molecule has 0 aliphatic carbocycles. The minimum Gasteiger partial charge on any atom is -0.360 e. The molecule has 2 rings (SSSR count). The third-order valence-corrected chi connectivity index (χ3v) is 5.43. The number of rotatable bonds is 5. The molecular formula is C13H18BrFN2OSi. The molecule has 0 amide bonds. The first-order valence-corrected chi connectivity index (χ1v) is 10.8. The fraction of sp³-hybridized carbons (Fsp3) is 0.462. The number of hydrogen-bond acceptors (Lipinski definition) is 2. The Bertz CT molecular complexity index is 580. The number of hydrogen-bond donors (Lipinski definition) is 0. The second-order valence-corrected chi connectivity index (χ2v) is 12.2. The zero-order chi connectivity index (χ0) is 14.0. The Hall–Kier alpha value is -0.723. The molecule has 19 heavy (non-hydrogen) atoms. The number of nitrogens with zero attached hydrogens (tertiary/aromatic N) is 2. The van der Waals surface area contributed by atoms with Gasteiger partial charge in [0.05, 0.1) is 16.2 Å². The number of benzene rings is 1. The van der Waals surface area contributed by atoms with E-state index < -0.39 is 8.07 Å². The lowest BCUT2D eigenvalue weighted by molar-refractivity contribution is 0.0817. The Kier molecular flexibility index (Phi) is 4.42. The van der Waals surface area contributed by atoms with E-state index in [4.69, 9.17) is 4.74 Å². The highest BCUT2D eigenvalue weighted by Gasteiger charge is 2.13. The average molecular weight is 345 g/mol. The quantitative estimate of drug-likeness (QED) is 0.598. The Morgan fingerprint density at radius 2 is 2.11 bits per heavy atom. The second-order valence-electron chi connectivity index (χ2n) is 5.79. The van der Waals surface area contributed by atoms with E-state index in [-0.39, 0.29) is 5.82 Å². The molecular weight excluding hydrogens is 327 g/mol. The Morgan fingerprint density at radius 1 is 1.37 bits per heavy atom. The molecule has 0 spiro atoms. The van der Waals surface area contributed by atoms with Crippen LogP contribution in [0, 0.1) is 5.82 Å². The van der Waals surface area contributed by atoms with Crippen LogP contribution in [0.5, 0.6) is 0 Å². The van der Waals surface area contributed by atoms with Crippen molar-refractivity contribution in [2.45, 2.75) is 32.4 Å². The summed E-state index contributed by atoms with van der Waals surface area (Å²) >= 11 is 3.24. The molecule has 2 aromatic rings. The van der Waals surface area contributed by atoms with Crippen LogP contribution in [0.1, 0.15) is 0 Å². The molecule has 0 saturated carbocycles. The predicted octanol–water partition coefficient (Wildman–Crippen LogP) is 4.25. The van der Waals surface area contributed by atoms with E-state index in [1.54, 1.807) is 16.9 Å². The van der Waals surface area contributed by atoms with Crippen molar-refractivity contribution >= 4 is 34.9 Å². The summed E-state index contributed by atoms with van der Waals surface area (Å²) in [6.07, 6.45) is 1.66. The van der Waals surface area contributed by atoms with Crippen molar-refractivity contribution in [1.29, 1.82) is 0 Å². The topological polar surface area (TPSA) is 27.1 Å². The van der Waals surface area contributed by atoms with Gasteiger partial charge in [-0.3, -0.25) is 0 Å². The Labute approximate surface area is 121 Å². The lowest BCUT2D eigenvalue weighted by Crippen LogP contribution is -2.22. The molecule has 6 heteroatoms. The van der Waals surface area contributed by atoms with E-state index in [1.807, 2.05) is 0 Å². The van der Waals surface area contributed by atoms with Gasteiger partial charge in [0.1, 0.15) is 12.5 Å². The first-order chi connectivity index (χ1) is 8.88. The molecule has 3 nitrogen and oxygen atoms in total. The maximum atomic E-state index is 13.4. The van der Waals surface area contributed by atoms with Gasteiger partial charge in [-0.2, -0.15) is 5.10 Å². The molecule has 0 fully saturated rings. The van der Waals surface area contributed by atoms with Crippen LogP contribution in [-0.4, -0.2) is 24.5 Å². The highest BCUT2D eigenvalue weighted by atomic mass is 79.9. The van der Waals surface area contributed by atoms with Crippen LogP contribution in [0.15, 0.2) is 22.8 Å². The summed E-state index contributed by atoms with van der Waals surface area (Å²) in [5.41, 5.74) is 0.876. The van der Waals surface area contributed by atoms with Gasteiger partial charge in [0.25, 0.3) is 0 Å². The van der Waals surface area contributed by atoms with E-state index in [1.165, 1.54) is 6.07 Å². The molecule has 0 radical (unpaired) electrons. The van der Waals surface area contributed by atoms with Gasteiger partial charge in [0, 0.05) is 20.1 Å². The highest BCUT2D eigenvalue weighted by Crippen LogP contribution is 2.26. The summed E-state index contributed by atoms with van der Waals surface area (Å²) < 4.78 is 21.3. The van der Waals surface area contributed by atoms with Crippen molar-refractivity contribution in [3.8, 4) is 0 Å². The monoisotopic (exact) mass is 344 g/mol. The molecule has 0 saturated heterocycles. The average Bonchev–Trinajstić information content (AvgIpc) is 2.72. The Balaban J connectivity index is 2.04. The zero-order valence-corrected chi connectivity index (χ0v) is 14.0. The fourth-order valence-electron chi connectivity index (χ4n) is 1.73. The fourth-order valence-corrected chi connectivity index (χ4v) is 2.92. The van der Waals surface area contributed by atoms with E-state index in [0.717, 1.165) is 23.6 Å². The summed E-state index contributed by atoms with van der Waals surface area (Å²) in [4.78, 5) is 0. The number of ether oxygens (including phenoxy) is 1. The maximum Gasteiger partial charge on any atom is 0.139 e. The summed E-state index contributed by atoms with van der Waals surface area (Å²) in [5, 5.41) is 5.01. The summed E-state index contributed by atoms with van der Waals surface area (Å²) in [6.45, 7) is 8.12. The van der Waals surface area contributed by atoms with Crippen molar-refractivity contribution in [2.75, 3.05) is 6.61 Å². The number of halogens is 2. The minimum atomic E-state index is -1.06. The SMILES string of the molecule is C[Si](C)(C)CCOCn1ncc2c(Br)c(F)ccc21. The van der Waals surface area contributed by atoms with Crippen molar-refractivity contribution < 1.29 is 9.13 Å². The number of aromatic nitrogens is 2. The summed E-state index contributed by atoms with van der Waals surface area (Å²) in [6, 6.07) is 4.29. The first kappa shape index (κ1) is 14.7. The summed E-state index contributed by atoms with van der Waals surface area (Å²) in [7, 11) is -1.06. The van der Waals surface area contributed by atoms with Crippen molar-refractivity contribution in [2.24, 2.45) is 0 Å².